The van der Waals surface area contributed by atoms with Crippen LogP contribution in [0.5, 0.6) is 0 Å². The monoisotopic (exact) mass is 1890 g/mol. The highest BCUT2D eigenvalue weighted by Crippen LogP contribution is 2.33. The van der Waals surface area contributed by atoms with Crippen LogP contribution in [0.3, 0.4) is 0 Å². The summed E-state index contributed by atoms with van der Waals surface area (Å²) in [6.45, 7) is 67.3. The van der Waals surface area contributed by atoms with E-state index in [1.165, 1.54) is 201 Å². The number of hydrogen-bond donors (Lipinski definition) is 0. The molecule has 0 saturated carbocycles. The maximum atomic E-state index is 2.28. The van der Waals surface area contributed by atoms with E-state index >= 15 is 0 Å². The fraction of sp³-hybridized carbons (Fsp3) is 0.231. The van der Waals surface area contributed by atoms with E-state index in [4.69, 9.17) is 0 Å². The molecule has 0 fully saturated rings. The summed E-state index contributed by atoms with van der Waals surface area (Å²) in [5, 5.41) is 37.4. The lowest BCUT2D eigenvalue weighted by molar-refractivity contribution is 1.48. The molecule has 23 aromatic rings. The van der Waals surface area contributed by atoms with Gasteiger partial charge in [0.25, 0.3) is 0 Å². The summed E-state index contributed by atoms with van der Waals surface area (Å²) in [5.41, 5.74) is 12.1. The molecule has 0 heteroatoms. The molecule has 0 saturated heterocycles. The minimum atomic E-state index is 1.31. The molecule has 0 bridgehead atoms. The number of benzene rings is 23. The maximum absolute atomic E-state index is 2.28. The van der Waals surface area contributed by atoms with Gasteiger partial charge in [0.1, 0.15) is 0 Å². The highest BCUT2D eigenvalue weighted by atomic mass is 14.1. The molecule has 0 heterocycles. The van der Waals surface area contributed by atoms with Gasteiger partial charge >= 0.3 is 0 Å². The minimum Gasteiger partial charge on any atom is -0.0683 e. The largest absolute Gasteiger partial charge is 0.0683 e. The number of fused-ring (bicyclic) bond motifs is 17. The minimum absolute atomic E-state index is 1.31. The topological polar surface area (TPSA) is 0 Å². The molecule has 0 aliphatic heterocycles. The zero-order valence-electron chi connectivity index (χ0n) is 93.6. The average Bonchev–Trinajstić information content (AvgIpc) is 0.786. The van der Waals surface area contributed by atoms with Crippen LogP contribution in [-0.4, -0.2) is 0 Å². The molecule has 0 N–H and O–H groups in total. The van der Waals surface area contributed by atoms with E-state index in [0.717, 1.165) is 0 Å². The zero-order chi connectivity index (χ0) is 106. The Morgan fingerprint density at radius 1 is 0.0909 bits per heavy atom. The van der Waals surface area contributed by atoms with Gasteiger partial charge in [-0.2, -0.15) is 0 Å². The van der Waals surface area contributed by atoms with Gasteiger partial charge in [-0.05, 0) is 271 Å². The van der Waals surface area contributed by atoms with Gasteiger partial charge in [0.15, 0.2) is 0 Å². The van der Waals surface area contributed by atoms with Crippen molar-refractivity contribution < 1.29 is 0 Å². The smallest absolute Gasteiger partial charge is 0.0103 e. The summed E-state index contributed by atoms with van der Waals surface area (Å²) >= 11 is 0. The van der Waals surface area contributed by atoms with Gasteiger partial charge in [0.05, 0.1) is 0 Å². The van der Waals surface area contributed by atoms with Crippen molar-refractivity contribution in [3.8, 4) is 0 Å². The highest BCUT2D eigenvalue weighted by molar-refractivity contribution is 6.11. The first-order chi connectivity index (χ1) is 70.2. The summed E-state index contributed by atoms with van der Waals surface area (Å²) in [5.74, 6) is 0. The standard InChI is InChI=1S/6C15H12.2C11H10.C7H8.12C2H6/c1-11-14-8-4-2-6-12(14)10-13-7-3-5-9-15(11)13;1-11-10-12-6-2-3-8-14(12)15-9-5-4-7-13(11)15;1-11-5-4-8-14-9-12-6-2-3-7-13(12)10-15(11)14;1-11-5-4-8-15-13(11)10-9-12-6-2-3-7-14(12)15;1-11-6-9-15-13(10-11)8-7-12-4-2-3-5-14(12)15;1-11-6-7-14-9-12-4-2-3-5-13(12)10-15(14)8-11;1-9-5-4-7-10-6-2-3-8-11(9)10;1-9-6-7-10-4-2-3-5-11(10)8-9;1-7-5-3-2-4-6-7;12*1-2/h6*2-10H,1H3;2*2-8H,1H3;2-6H,1H3;12*1-2H3. The molecule has 744 valence electrons. The number of aryl methyl sites for hydroxylation is 9. The van der Waals surface area contributed by atoms with Crippen LogP contribution < -0.4 is 0 Å². The lowest BCUT2D eigenvalue weighted by atomic mass is 9.98. The van der Waals surface area contributed by atoms with Crippen molar-refractivity contribution in [3.63, 3.8) is 0 Å². The Bertz CT molecular complexity index is 7290. The molecule has 143 heavy (non-hydrogen) atoms. The average molecular weight is 1890 g/mol. The third-order valence-electron chi connectivity index (χ3n) is 22.6. The molecule has 0 spiro atoms. The molecule has 23 rings (SSSR count). The van der Waals surface area contributed by atoms with Crippen LogP contribution in [-0.2, 0) is 0 Å². The molecular weight excluding hydrogens is 1720 g/mol. The molecule has 0 aliphatic carbocycles. The van der Waals surface area contributed by atoms with Crippen molar-refractivity contribution in [2.45, 2.75) is 228 Å². The Hall–Kier alpha value is -14.3. The van der Waals surface area contributed by atoms with Crippen molar-refractivity contribution in [2.24, 2.45) is 0 Å². The van der Waals surface area contributed by atoms with E-state index in [1.54, 1.807) is 0 Å². The summed E-state index contributed by atoms with van der Waals surface area (Å²) in [6.07, 6.45) is 0. The lowest BCUT2D eigenvalue weighted by Crippen LogP contribution is -1.81. The second kappa shape index (κ2) is 71.2. The molecule has 23 aromatic carbocycles. The molecule has 0 aliphatic rings. The van der Waals surface area contributed by atoms with Gasteiger partial charge in [0, 0.05) is 0 Å². The molecule has 0 unspecified atom stereocenters. The Morgan fingerprint density at radius 2 is 0.301 bits per heavy atom. The van der Waals surface area contributed by atoms with E-state index in [9.17, 15) is 0 Å². The molecule has 0 nitrogen and oxygen atoms in total. The van der Waals surface area contributed by atoms with Crippen molar-refractivity contribution >= 4 is 151 Å². The van der Waals surface area contributed by atoms with Crippen LogP contribution in [0.4, 0.5) is 0 Å². The van der Waals surface area contributed by atoms with E-state index in [-0.39, 0.29) is 0 Å². The summed E-state index contributed by atoms with van der Waals surface area (Å²) in [6, 6.07) is 157. The first kappa shape index (κ1) is 123. The summed E-state index contributed by atoms with van der Waals surface area (Å²) in [7, 11) is 0. The molecule has 0 radical (unpaired) electrons. The van der Waals surface area contributed by atoms with E-state index in [2.05, 4.69) is 487 Å². The van der Waals surface area contributed by atoms with Crippen LogP contribution in [0.25, 0.3) is 151 Å². The Morgan fingerprint density at radius 3 is 0.748 bits per heavy atom. The van der Waals surface area contributed by atoms with Crippen molar-refractivity contribution in [1.29, 1.82) is 0 Å². The highest BCUT2D eigenvalue weighted by Gasteiger charge is 2.08. The fourth-order valence-electron chi connectivity index (χ4n) is 16.2. The van der Waals surface area contributed by atoms with Gasteiger partial charge in [-0.15, -0.1) is 0 Å². The Balaban J connectivity index is 0.000000404. The second-order valence-electron chi connectivity index (χ2n) is 31.2. The van der Waals surface area contributed by atoms with Crippen molar-refractivity contribution in [2.75, 3.05) is 0 Å². The van der Waals surface area contributed by atoms with Gasteiger partial charge in [0.2, 0.25) is 0 Å². The Labute approximate surface area is 866 Å². The maximum Gasteiger partial charge on any atom is -0.0103 e. The van der Waals surface area contributed by atoms with Crippen LogP contribution in [0, 0.1) is 62.3 Å². The zero-order valence-corrected chi connectivity index (χ0v) is 93.6. The van der Waals surface area contributed by atoms with Crippen LogP contribution in [0.2, 0.25) is 0 Å². The predicted molar refractivity (Wildman–Crippen MR) is 662 cm³/mol. The van der Waals surface area contributed by atoms with E-state index < -0.39 is 0 Å². The first-order valence-corrected chi connectivity index (χ1v) is 53.4. The van der Waals surface area contributed by atoms with Crippen LogP contribution in [0.1, 0.15) is 216 Å². The Kier molecular flexibility index (Phi) is 61.2. The van der Waals surface area contributed by atoms with Gasteiger partial charge < -0.3 is 0 Å². The molecule has 0 atom stereocenters. The summed E-state index contributed by atoms with van der Waals surface area (Å²) in [4.78, 5) is 0. The van der Waals surface area contributed by atoms with E-state index in [0.29, 0.717) is 0 Å². The lowest BCUT2D eigenvalue weighted by Gasteiger charge is -2.06. The molecular formula is C143H172. The number of rotatable bonds is 0. The number of hydrogen-bond acceptors (Lipinski definition) is 0. The first-order valence-electron chi connectivity index (χ1n) is 53.4. The summed E-state index contributed by atoms with van der Waals surface area (Å²) < 4.78 is 0. The normalized spacial score (nSPS) is 9.43. The molecule has 0 aromatic heterocycles. The van der Waals surface area contributed by atoms with Crippen LogP contribution >= 0.6 is 0 Å². The van der Waals surface area contributed by atoms with Crippen molar-refractivity contribution in [3.05, 3.63) is 493 Å². The second-order valence-corrected chi connectivity index (χ2v) is 31.2. The van der Waals surface area contributed by atoms with Crippen molar-refractivity contribution in [1.82, 2.24) is 0 Å². The van der Waals surface area contributed by atoms with Crippen LogP contribution in [0.15, 0.2) is 443 Å². The quantitative estimate of drug-likeness (QED) is 0.105. The SMILES string of the molecule is CC.CC.CC.CC.CC.CC.CC.CC.CC.CC.CC.CC.Cc1c2ccccc2cc2ccccc12.Cc1cc2ccccc2c2ccccc12.Cc1ccc2c(ccc3ccccc32)c1.Cc1ccc2cc3ccccc3cc2c1.Cc1ccc2ccccc2c1.Cc1cccc2c1ccc1ccccc12.Cc1cccc2cc3ccccc3cc12.Cc1cccc2ccccc12.Cc1ccccc1. The fourth-order valence-corrected chi connectivity index (χ4v) is 16.2. The third-order valence-corrected chi connectivity index (χ3v) is 22.6. The van der Waals surface area contributed by atoms with E-state index in [1.807, 2.05) is 184 Å². The van der Waals surface area contributed by atoms with Gasteiger partial charge in [-0.25, -0.2) is 0 Å². The van der Waals surface area contributed by atoms with Gasteiger partial charge in [-0.3, -0.25) is 0 Å². The van der Waals surface area contributed by atoms with Gasteiger partial charge in [-0.1, -0.05) is 601 Å². The molecule has 0 amide bonds. The predicted octanol–water partition coefficient (Wildman–Crippen LogP) is 46.4. The third kappa shape index (κ3) is 36.6.